The second-order valence-corrected chi connectivity index (χ2v) is 4.79. The first-order chi connectivity index (χ1) is 9.15. The average Bonchev–Trinajstić information content (AvgIpc) is 2.80. The minimum absolute atomic E-state index is 0.00537. The molecule has 0 bridgehead atoms. The number of hydrogen-bond donors (Lipinski definition) is 2. The number of carbonyl (C=O) groups is 1. The smallest absolute Gasteiger partial charge is 0.257 e. The molecule has 19 heavy (non-hydrogen) atoms. The number of nitrogen functional groups attached to an aromatic ring is 1. The summed E-state index contributed by atoms with van der Waals surface area (Å²) in [5, 5.41) is 2.86. The van der Waals surface area contributed by atoms with Gasteiger partial charge in [0.25, 0.3) is 5.91 Å². The van der Waals surface area contributed by atoms with Crippen LogP contribution in [0.1, 0.15) is 13.3 Å². The van der Waals surface area contributed by atoms with E-state index < -0.39 is 0 Å². The van der Waals surface area contributed by atoms with Gasteiger partial charge < -0.3 is 20.5 Å². The Kier molecular flexibility index (Phi) is 4.63. The third kappa shape index (κ3) is 4.13. The lowest BCUT2D eigenvalue weighted by Crippen LogP contribution is -2.35. The molecule has 0 spiro atoms. The molecule has 2 rings (SSSR count). The molecule has 2 unspecified atom stereocenters. The fourth-order valence-electron chi connectivity index (χ4n) is 2.09. The highest BCUT2D eigenvalue weighted by Crippen LogP contribution is 2.19. The van der Waals surface area contributed by atoms with Gasteiger partial charge in [-0.05, 0) is 25.5 Å². The summed E-state index contributed by atoms with van der Waals surface area (Å²) in [7, 11) is 0. The summed E-state index contributed by atoms with van der Waals surface area (Å²) in [4.78, 5) is 11.7. The molecule has 1 aromatic rings. The number of ether oxygens (including phenoxy) is 2. The zero-order valence-corrected chi connectivity index (χ0v) is 11.1. The molecule has 1 heterocycles. The molecule has 5 nitrogen and oxygen atoms in total. The minimum atomic E-state index is -0.124. The average molecular weight is 264 g/mol. The molecule has 0 aromatic heterocycles. The van der Waals surface area contributed by atoms with Gasteiger partial charge in [-0.3, -0.25) is 4.79 Å². The van der Waals surface area contributed by atoms with Crippen LogP contribution in [-0.2, 0) is 9.53 Å². The van der Waals surface area contributed by atoms with Crippen molar-refractivity contribution >= 4 is 11.6 Å². The fraction of sp³-hybridized carbons (Fsp3) is 0.500. The van der Waals surface area contributed by atoms with Crippen molar-refractivity contribution in [3.05, 3.63) is 24.3 Å². The lowest BCUT2D eigenvalue weighted by Gasteiger charge is -2.14. The minimum Gasteiger partial charge on any atom is -0.484 e. The van der Waals surface area contributed by atoms with E-state index >= 15 is 0 Å². The molecular formula is C14H20N2O3. The van der Waals surface area contributed by atoms with Gasteiger partial charge in [-0.25, -0.2) is 0 Å². The maximum Gasteiger partial charge on any atom is 0.257 e. The van der Waals surface area contributed by atoms with Crippen LogP contribution in [0.5, 0.6) is 5.75 Å². The Bertz CT molecular complexity index is 436. The van der Waals surface area contributed by atoms with Crippen LogP contribution in [0.2, 0.25) is 0 Å². The second-order valence-electron chi connectivity index (χ2n) is 4.79. The van der Waals surface area contributed by atoms with Gasteiger partial charge in [0.2, 0.25) is 0 Å². The van der Waals surface area contributed by atoms with Gasteiger partial charge in [-0.2, -0.15) is 0 Å². The van der Waals surface area contributed by atoms with Crippen molar-refractivity contribution in [2.24, 2.45) is 5.92 Å². The van der Waals surface area contributed by atoms with Crippen molar-refractivity contribution in [3.63, 3.8) is 0 Å². The van der Waals surface area contributed by atoms with Crippen LogP contribution >= 0.6 is 0 Å². The Balaban J connectivity index is 1.70. The van der Waals surface area contributed by atoms with Gasteiger partial charge >= 0.3 is 0 Å². The summed E-state index contributed by atoms with van der Waals surface area (Å²) in [6, 6.07) is 7.03. The number of amides is 1. The van der Waals surface area contributed by atoms with Gasteiger partial charge in [0, 0.05) is 30.8 Å². The Morgan fingerprint density at radius 2 is 2.42 bits per heavy atom. The lowest BCUT2D eigenvalue weighted by molar-refractivity contribution is -0.123. The highest BCUT2D eigenvalue weighted by molar-refractivity contribution is 5.77. The Morgan fingerprint density at radius 1 is 1.58 bits per heavy atom. The van der Waals surface area contributed by atoms with Crippen LogP contribution in [0.25, 0.3) is 0 Å². The maximum atomic E-state index is 11.7. The molecule has 0 radical (unpaired) electrons. The third-order valence-electron chi connectivity index (χ3n) is 3.32. The largest absolute Gasteiger partial charge is 0.484 e. The molecule has 104 valence electrons. The summed E-state index contributed by atoms with van der Waals surface area (Å²) in [6.07, 6.45) is 1.22. The van der Waals surface area contributed by atoms with Gasteiger partial charge in [0.1, 0.15) is 5.75 Å². The van der Waals surface area contributed by atoms with Crippen molar-refractivity contribution in [2.45, 2.75) is 19.4 Å². The van der Waals surface area contributed by atoms with Crippen LogP contribution in [0, 0.1) is 5.92 Å². The summed E-state index contributed by atoms with van der Waals surface area (Å²) < 4.78 is 10.8. The normalized spacial score (nSPS) is 22.2. The Hall–Kier alpha value is -1.75. The molecule has 1 amide bonds. The first-order valence-corrected chi connectivity index (χ1v) is 6.52. The van der Waals surface area contributed by atoms with Crippen LogP contribution < -0.4 is 15.8 Å². The zero-order valence-electron chi connectivity index (χ0n) is 11.1. The molecule has 1 fully saturated rings. The van der Waals surface area contributed by atoms with Crippen LogP contribution in [-0.4, -0.2) is 31.8 Å². The van der Waals surface area contributed by atoms with E-state index in [4.69, 9.17) is 15.2 Å². The predicted molar refractivity (Wildman–Crippen MR) is 72.9 cm³/mol. The predicted octanol–water partition coefficient (Wildman–Crippen LogP) is 1.19. The van der Waals surface area contributed by atoms with E-state index in [1.165, 1.54) is 0 Å². The molecule has 2 atom stereocenters. The van der Waals surface area contributed by atoms with E-state index in [2.05, 4.69) is 5.32 Å². The SMILES string of the molecule is CC1OCCC1CNC(=O)COc1cccc(N)c1. The molecule has 5 heteroatoms. The van der Waals surface area contributed by atoms with Crippen molar-refractivity contribution in [1.82, 2.24) is 5.32 Å². The number of anilines is 1. The summed E-state index contributed by atoms with van der Waals surface area (Å²) in [6.45, 7) is 3.46. The molecule has 0 aliphatic carbocycles. The Labute approximate surface area is 113 Å². The maximum absolute atomic E-state index is 11.7. The van der Waals surface area contributed by atoms with Gasteiger partial charge in [0.05, 0.1) is 6.10 Å². The summed E-state index contributed by atoms with van der Waals surface area (Å²) in [5.41, 5.74) is 6.25. The van der Waals surface area contributed by atoms with Crippen molar-refractivity contribution in [2.75, 3.05) is 25.5 Å². The van der Waals surface area contributed by atoms with E-state index in [0.717, 1.165) is 13.0 Å². The number of nitrogens with two attached hydrogens (primary N) is 1. The molecular weight excluding hydrogens is 244 g/mol. The van der Waals surface area contributed by atoms with Crippen molar-refractivity contribution in [1.29, 1.82) is 0 Å². The van der Waals surface area contributed by atoms with Crippen LogP contribution in [0.3, 0.4) is 0 Å². The van der Waals surface area contributed by atoms with Gasteiger partial charge in [-0.1, -0.05) is 6.07 Å². The molecule has 1 aliphatic heterocycles. The van der Waals surface area contributed by atoms with E-state index in [9.17, 15) is 4.79 Å². The standard InChI is InChI=1S/C14H20N2O3/c1-10-11(5-6-18-10)8-16-14(17)9-19-13-4-2-3-12(15)7-13/h2-4,7,10-11H,5-6,8-9,15H2,1H3,(H,16,17). The molecule has 1 aliphatic rings. The molecule has 0 saturated carbocycles. The quantitative estimate of drug-likeness (QED) is 0.783. The zero-order chi connectivity index (χ0) is 13.7. The summed E-state index contributed by atoms with van der Waals surface area (Å²) in [5.74, 6) is 0.880. The first kappa shape index (κ1) is 13.7. The van der Waals surface area contributed by atoms with E-state index in [1.54, 1.807) is 24.3 Å². The van der Waals surface area contributed by atoms with Gasteiger partial charge in [0.15, 0.2) is 6.61 Å². The highest BCUT2D eigenvalue weighted by Gasteiger charge is 2.24. The van der Waals surface area contributed by atoms with Crippen molar-refractivity contribution in [3.8, 4) is 5.75 Å². The van der Waals surface area contributed by atoms with Crippen LogP contribution in [0.4, 0.5) is 5.69 Å². The van der Waals surface area contributed by atoms with Gasteiger partial charge in [-0.15, -0.1) is 0 Å². The van der Waals surface area contributed by atoms with Crippen LogP contribution in [0.15, 0.2) is 24.3 Å². The number of hydrogen-bond acceptors (Lipinski definition) is 4. The topological polar surface area (TPSA) is 73.6 Å². The number of rotatable bonds is 5. The van der Waals surface area contributed by atoms with E-state index in [-0.39, 0.29) is 18.6 Å². The van der Waals surface area contributed by atoms with E-state index in [0.29, 0.717) is 23.9 Å². The second kappa shape index (κ2) is 6.43. The summed E-state index contributed by atoms with van der Waals surface area (Å²) >= 11 is 0. The fourth-order valence-corrected chi connectivity index (χ4v) is 2.09. The number of benzene rings is 1. The van der Waals surface area contributed by atoms with Crippen molar-refractivity contribution < 1.29 is 14.3 Å². The Morgan fingerprint density at radius 3 is 3.11 bits per heavy atom. The van der Waals surface area contributed by atoms with E-state index in [1.807, 2.05) is 6.92 Å². The third-order valence-corrected chi connectivity index (χ3v) is 3.32. The lowest BCUT2D eigenvalue weighted by atomic mass is 10.0. The molecule has 3 N–H and O–H groups in total. The molecule has 1 aromatic carbocycles. The number of nitrogens with one attached hydrogen (secondary N) is 1. The first-order valence-electron chi connectivity index (χ1n) is 6.52. The molecule has 1 saturated heterocycles. The number of carbonyl (C=O) groups excluding carboxylic acids is 1. The highest BCUT2D eigenvalue weighted by atomic mass is 16.5. The monoisotopic (exact) mass is 264 g/mol.